The van der Waals surface area contributed by atoms with Gasteiger partial charge in [0.05, 0.1) is 27.3 Å². The van der Waals surface area contributed by atoms with Gasteiger partial charge in [0.2, 0.25) is 0 Å². The van der Waals surface area contributed by atoms with Gasteiger partial charge in [0, 0.05) is 0 Å². The molecule has 0 bridgehead atoms. The van der Waals surface area contributed by atoms with Crippen molar-refractivity contribution in [2.45, 2.75) is 13.5 Å². The second-order valence-corrected chi connectivity index (χ2v) is 5.43. The van der Waals surface area contributed by atoms with E-state index in [1.54, 1.807) is 14.2 Å². The smallest absolute Gasteiger partial charge is 0.189 e. The first-order chi connectivity index (χ1) is 12.1. The average Bonchev–Trinajstić information content (AvgIpc) is 2.64. The van der Waals surface area contributed by atoms with Gasteiger partial charge in [-0.3, -0.25) is 0 Å². The summed E-state index contributed by atoms with van der Waals surface area (Å²) in [6.45, 7) is 3.56. The lowest BCUT2D eigenvalue weighted by Crippen LogP contribution is -2.34. The fourth-order valence-corrected chi connectivity index (χ4v) is 2.27. The Balaban J connectivity index is 0.00000338. The van der Waals surface area contributed by atoms with Crippen LogP contribution in [0.2, 0.25) is 0 Å². The van der Waals surface area contributed by atoms with E-state index in [1.165, 1.54) is 0 Å². The maximum absolute atomic E-state index is 5.88. The van der Waals surface area contributed by atoms with Gasteiger partial charge in [-0.05, 0) is 36.2 Å². The molecule has 0 spiro atoms. The van der Waals surface area contributed by atoms with Gasteiger partial charge in [0.15, 0.2) is 17.5 Å². The number of nitrogens with two attached hydrogens (primary N) is 1. The number of nitrogens with zero attached hydrogens (tertiary/aromatic N) is 1. The Bertz CT molecular complexity index is 723. The van der Waals surface area contributed by atoms with Crippen molar-refractivity contribution in [3.63, 3.8) is 0 Å². The number of aryl methyl sites for hydroxylation is 1. The van der Waals surface area contributed by atoms with E-state index in [1.807, 2.05) is 49.4 Å². The van der Waals surface area contributed by atoms with E-state index in [0.29, 0.717) is 37.2 Å². The summed E-state index contributed by atoms with van der Waals surface area (Å²) in [4.78, 5) is 4.32. The van der Waals surface area contributed by atoms with Gasteiger partial charge in [-0.1, -0.05) is 24.3 Å². The van der Waals surface area contributed by atoms with Crippen LogP contribution in [0.15, 0.2) is 47.5 Å². The summed E-state index contributed by atoms with van der Waals surface area (Å²) < 4.78 is 16.2. The molecular weight excluding hydrogens is 445 g/mol. The molecule has 6 nitrogen and oxygen atoms in total. The number of guanidine groups is 1. The number of halogens is 1. The molecule has 7 heteroatoms. The lowest BCUT2D eigenvalue weighted by molar-refractivity contribution is 0.320. The van der Waals surface area contributed by atoms with Crippen LogP contribution in [0.4, 0.5) is 0 Å². The number of benzene rings is 2. The van der Waals surface area contributed by atoms with Crippen molar-refractivity contribution in [2.75, 3.05) is 27.4 Å². The minimum Gasteiger partial charge on any atom is -0.493 e. The number of aliphatic imine (C=N–C) groups is 1. The summed E-state index contributed by atoms with van der Waals surface area (Å²) in [7, 11) is 3.21. The largest absolute Gasteiger partial charge is 0.493 e. The molecule has 2 aromatic carbocycles. The summed E-state index contributed by atoms with van der Waals surface area (Å²) in [5.41, 5.74) is 7.98. The zero-order chi connectivity index (χ0) is 18.1. The van der Waals surface area contributed by atoms with Crippen molar-refractivity contribution in [3.05, 3.63) is 53.6 Å². The topological polar surface area (TPSA) is 78.1 Å². The minimum atomic E-state index is 0. The molecule has 0 heterocycles. The van der Waals surface area contributed by atoms with Gasteiger partial charge >= 0.3 is 0 Å². The van der Waals surface area contributed by atoms with E-state index in [9.17, 15) is 0 Å². The van der Waals surface area contributed by atoms with Crippen LogP contribution >= 0.6 is 24.0 Å². The first-order valence-electron chi connectivity index (χ1n) is 8.07. The van der Waals surface area contributed by atoms with Crippen LogP contribution in [0.5, 0.6) is 17.2 Å². The van der Waals surface area contributed by atoms with Crippen LogP contribution in [0.1, 0.15) is 11.1 Å². The second-order valence-electron chi connectivity index (χ2n) is 5.43. The van der Waals surface area contributed by atoms with Crippen LogP contribution in [-0.4, -0.2) is 33.3 Å². The summed E-state index contributed by atoms with van der Waals surface area (Å²) in [5.74, 6) is 2.62. The molecule has 2 rings (SSSR count). The Labute approximate surface area is 171 Å². The standard InChI is InChI=1S/C19H25N3O3.HI/c1-14-6-4-5-7-16(14)25-11-10-21-19(20)22-13-15-8-9-17(23-2)18(12-15)24-3;/h4-9,12H,10-11,13H2,1-3H3,(H3,20,21,22);1H. The predicted octanol–water partition coefficient (Wildman–Crippen LogP) is 3.11. The molecule has 142 valence electrons. The van der Waals surface area contributed by atoms with Gasteiger partial charge in [0.1, 0.15) is 12.4 Å². The third-order valence-corrected chi connectivity index (χ3v) is 3.64. The Kier molecular flexibility index (Phi) is 9.64. The van der Waals surface area contributed by atoms with Crippen LogP contribution in [-0.2, 0) is 6.54 Å². The van der Waals surface area contributed by atoms with Gasteiger partial charge in [-0.25, -0.2) is 4.99 Å². The van der Waals surface area contributed by atoms with Crippen LogP contribution in [0, 0.1) is 6.92 Å². The molecule has 0 amide bonds. The fourth-order valence-electron chi connectivity index (χ4n) is 2.27. The van der Waals surface area contributed by atoms with E-state index in [2.05, 4.69) is 10.3 Å². The maximum Gasteiger partial charge on any atom is 0.189 e. The quantitative estimate of drug-likeness (QED) is 0.268. The molecule has 0 atom stereocenters. The SMILES string of the molecule is COc1ccc(CN=C(N)NCCOc2ccccc2C)cc1OC.I. The molecule has 0 fully saturated rings. The maximum atomic E-state index is 5.88. The van der Waals surface area contributed by atoms with Gasteiger partial charge in [0.25, 0.3) is 0 Å². The van der Waals surface area contributed by atoms with Crippen molar-refractivity contribution in [1.82, 2.24) is 5.32 Å². The molecule has 0 aliphatic rings. The molecule has 3 N–H and O–H groups in total. The molecule has 0 saturated heterocycles. The van der Waals surface area contributed by atoms with Gasteiger partial charge in [-0.2, -0.15) is 0 Å². The minimum absolute atomic E-state index is 0. The van der Waals surface area contributed by atoms with Gasteiger partial charge in [-0.15, -0.1) is 24.0 Å². The summed E-state index contributed by atoms with van der Waals surface area (Å²) in [5, 5.41) is 3.04. The van der Waals surface area contributed by atoms with E-state index < -0.39 is 0 Å². The Morgan fingerprint density at radius 3 is 2.46 bits per heavy atom. The van der Waals surface area contributed by atoms with Crippen molar-refractivity contribution >= 4 is 29.9 Å². The molecule has 0 unspecified atom stereocenters. The molecule has 26 heavy (non-hydrogen) atoms. The number of ether oxygens (including phenoxy) is 3. The fraction of sp³-hybridized carbons (Fsp3) is 0.316. The number of methoxy groups -OCH3 is 2. The summed E-state index contributed by atoms with van der Waals surface area (Å²) in [6.07, 6.45) is 0. The highest BCUT2D eigenvalue weighted by Crippen LogP contribution is 2.27. The lowest BCUT2D eigenvalue weighted by atomic mass is 10.2. The third-order valence-electron chi connectivity index (χ3n) is 3.64. The van der Waals surface area contributed by atoms with Gasteiger partial charge < -0.3 is 25.3 Å². The number of rotatable bonds is 8. The average molecular weight is 471 g/mol. The summed E-state index contributed by atoms with van der Waals surface area (Å²) >= 11 is 0. The third kappa shape index (κ3) is 6.62. The van der Waals surface area contributed by atoms with E-state index in [-0.39, 0.29) is 24.0 Å². The highest BCUT2D eigenvalue weighted by atomic mass is 127. The van der Waals surface area contributed by atoms with Crippen molar-refractivity contribution in [3.8, 4) is 17.2 Å². The zero-order valence-electron chi connectivity index (χ0n) is 15.3. The molecule has 2 aromatic rings. The molecule has 0 saturated carbocycles. The lowest BCUT2D eigenvalue weighted by Gasteiger charge is -2.10. The predicted molar refractivity (Wildman–Crippen MR) is 115 cm³/mol. The second kappa shape index (κ2) is 11.5. The molecule has 0 aromatic heterocycles. The first kappa shape index (κ1) is 21.9. The van der Waals surface area contributed by atoms with Crippen LogP contribution < -0.4 is 25.3 Å². The number of hydrogen-bond donors (Lipinski definition) is 2. The van der Waals surface area contributed by atoms with Crippen LogP contribution in [0.25, 0.3) is 0 Å². The van der Waals surface area contributed by atoms with Crippen LogP contribution in [0.3, 0.4) is 0 Å². The monoisotopic (exact) mass is 471 g/mol. The van der Waals surface area contributed by atoms with E-state index >= 15 is 0 Å². The van der Waals surface area contributed by atoms with Crippen molar-refractivity contribution in [1.29, 1.82) is 0 Å². The highest BCUT2D eigenvalue weighted by molar-refractivity contribution is 14.0. The number of nitrogens with one attached hydrogen (secondary N) is 1. The molecular formula is C19H26IN3O3. The molecule has 0 radical (unpaired) electrons. The van der Waals surface area contributed by atoms with E-state index in [0.717, 1.165) is 16.9 Å². The van der Waals surface area contributed by atoms with E-state index in [4.69, 9.17) is 19.9 Å². The Hall–Kier alpha value is -2.16. The zero-order valence-corrected chi connectivity index (χ0v) is 17.7. The highest BCUT2D eigenvalue weighted by Gasteiger charge is 2.04. The first-order valence-corrected chi connectivity index (χ1v) is 8.07. The van der Waals surface area contributed by atoms with Crippen molar-refractivity contribution in [2.24, 2.45) is 10.7 Å². The normalized spacial score (nSPS) is 10.7. The Morgan fingerprint density at radius 1 is 1.04 bits per heavy atom. The number of para-hydroxylation sites is 1. The molecule has 0 aliphatic heterocycles. The summed E-state index contributed by atoms with van der Waals surface area (Å²) in [6, 6.07) is 13.6. The van der Waals surface area contributed by atoms with Crippen molar-refractivity contribution < 1.29 is 14.2 Å². The molecule has 0 aliphatic carbocycles. The number of hydrogen-bond acceptors (Lipinski definition) is 4. The Morgan fingerprint density at radius 2 is 1.77 bits per heavy atom.